The van der Waals surface area contributed by atoms with Gasteiger partial charge in [0.2, 0.25) is 11.8 Å². The highest BCUT2D eigenvalue weighted by Crippen LogP contribution is 2.40. The van der Waals surface area contributed by atoms with Crippen molar-refractivity contribution in [2.45, 2.75) is 62.3 Å². The van der Waals surface area contributed by atoms with Crippen LogP contribution in [0.3, 0.4) is 0 Å². The summed E-state index contributed by atoms with van der Waals surface area (Å²) >= 11 is 1.87. The zero-order chi connectivity index (χ0) is 20.1. The number of likely N-dealkylation sites (tertiary alicyclic amines) is 1. The van der Waals surface area contributed by atoms with E-state index in [1.54, 1.807) is 0 Å². The first kappa shape index (κ1) is 20.7. The molecule has 3 fully saturated rings. The second-order valence-corrected chi connectivity index (χ2v) is 10.1. The molecule has 158 valence electrons. The first-order valence-corrected chi connectivity index (χ1v) is 12.2. The number of thioether (sulfide) groups is 1. The molecule has 1 unspecified atom stereocenters. The molecule has 1 saturated carbocycles. The molecule has 1 atom stereocenters. The van der Waals surface area contributed by atoms with Crippen molar-refractivity contribution >= 4 is 23.6 Å². The Labute approximate surface area is 178 Å². The Morgan fingerprint density at radius 2 is 1.83 bits per heavy atom. The van der Waals surface area contributed by atoms with Gasteiger partial charge >= 0.3 is 0 Å². The van der Waals surface area contributed by atoms with Gasteiger partial charge in [0, 0.05) is 31.3 Å². The van der Waals surface area contributed by atoms with E-state index in [1.165, 1.54) is 24.8 Å². The van der Waals surface area contributed by atoms with E-state index in [4.69, 9.17) is 0 Å². The number of piperidine rings is 1. The number of benzene rings is 1. The Kier molecular flexibility index (Phi) is 6.81. The van der Waals surface area contributed by atoms with Gasteiger partial charge in [-0.1, -0.05) is 49.6 Å². The third kappa shape index (κ3) is 5.15. The summed E-state index contributed by atoms with van der Waals surface area (Å²) < 4.78 is 0. The number of nitrogens with zero attached hydrogens (tertiary/aromatic N) is 1. The average Bonchev–Trinajstić information content (AvgIpc) is 3.19. The van der Waals surface area contributed by atoms with E-state index in [-0.39, 0.29) is 22.7 Å². The molecule has 0 bridgehead atoms. The summed E-state index contributed by atoms with van der Waals surface area (Å²) in [4.78, 5) is 27.4. The third-order valence-electron chi connectivity index (χ3n) is 6.67. The van der Waals surface area contributed by atoms with Crippen molar-refractivity contribution in [2.24, 2.45) is 5.92 Å². The van der Waals surface area contributed by atoms with Crippen LogP contribution in [0.1, 0.15) is 50.5 Å². The van der Waals surface area contributed by atoms with Gasteiger partial charge in [0.25, 0.3) is 0 Å². The summed E-state index contributed by atoms with van der Waals surface area (Å²) in [6, 6.07) is 10.1. The summed E-state index contributed by atoms with van der Waals surface area (Å²) in [5.74, 6) is 1.54. The Morgan fingerprint density at radius 1 is 1.10 bits per heavy atom. The van der Waals surface area contributed by atoms with E-state index >= 15 is 0 Å². The minimum absolute atomic E-state index is 0.0369. The van der Waals surface area contributed by atoms with E-state index in [0.717, 1.165) is 50.9 Å². The molecule has 1 aliphatic carbocycles. The second-order valence-electron chi connectivity index (χ2n) is 8.69. The molecule has 2 N–H and O–H groups in total. The summed E-state index contributed by atoms with van der Waals surface area (Å²) in [7, 11) is 0. The third-order valence-corrected chi connectivity index (χ3v) is 8.25. The lowest BCUT2D eigenvalue weighted by molar-refractivity contribution is -0.138. The fraction of sp³-hybridized carbons (Fsp3) is 0.652. The Morgan fingerprint density at radius 3 is 2.55 bits per heavy atom. The van der Waals surface area contributed by atoms with Gasteiger partial charge in [0.1, 0.15) is 0 Å². The van der Waals surface area contributed by atoms with E-state index in [0.29, 0.717) is 12.5 Å². The zero-order valence-corrected chi connectivity index (χ0v) is 18.0. The minimum atomic E-state index is -0.128. The van der Waals surface area contributed by atoms with Crippen LogP contribution < -0.4 is 10.6 Å². The van der Waals surface area contributed by atoms with Crippen LogP contribution in [0.4, 0.5) is 0 Å². The molecular formula is C23H33N3O2S. The standard InChI is InChI=1S/C23H33N3O2S/c27-21(24-14-11-18-7-3-1-4-8-18)20-17-29-23(25-20)12-15-26(16-13-23)22(28)19-9-5-2-6-10-19/h1,3-4,7-8,19-20,25H,2,5-6,9-17H2,(H,24,27). The predicted molar refractivity (Wildman–Crippen MR) is 118 cm³/mol. The molecule has 2 aliphatic heterocycles. The lowest BCUT2D eigenvalue weighted by Gasteiger charge is -2.40. The molecule has 3 aliphatic rings. The lowest BCUT2D eigenvalue weighted by atomic mass is 9.87. The molecule has 2 saturated heterocycles. The van der Waals surface area contributed by atoms with Crippen LogP contribution in [0.5, 0.6) is 0 Å². The maximum absolute atomic E-state index is 12.8. The number of amides is 2. The van der Waals surface area contributed by atoms with Crippen LogP contribution in [0.15, 0.2) is 30.3 Å². The SMILES string of the molecule is O=C(NCCc1ccccc1)C1CSC2(CCN(C(=O)C3CCCCC3)CC2)N1. The molecule has 6 heteroatoms. The molecule has 2 heterocycles. The molecule has 4 rings (SSSR count). The van der Waals surface area contributed by atoms with Crippen molar-refractivity contribution in [3.05, 3.63) is 35.9 Å². The molecule has 1 aromatic rings. The molecule has 1 spiro atoms. The summed E-state index contributed by atoms with van der Waals surface area (Å²) in [5.41, 5.74) is 1.24. The van der Waals surface area contributed by atoms with Gasteiger partial charge < -0.3 is 10.2 Å². The van der Waals surface area contributed by atoms with Crippen molar-refractivity contribution in [1.29, 1.82) is 0 Å². The number of hydrogen-bond acceptors (Lipinski definition) is 4. The molecular weight excluding hydrogens is 382 g/mol. The van der Waals surface area contributed by atoms with Crippen LogP contribution in [-0.2, 0) is 16.0 Å². The monoisotopic (exact) mass is 415 g/mol. The van der Waals surface area contributed by atoms with Crippen molar-refractivity contribution in [1.82, 2.24) is 15.5 Å². The number of carbonyl (C=O) groups is 2. The fourth-order valence-electron chi connectivity index (χ4n) is 4.87. The van der Waals surface area contributed by atoms with Gasteiger partial charge in [-0.25, -0.2) is 0 Å². The quantitative estimate of drug-likeness (QED) is 0.776. The molecule has 2 amide bonds. The van der Waals surface area contributed by atoms with Crippen LogP contribution in [0.2, 0.25) is 0 Å². The highest BCUT2D eigenvalue weighted by atomic mass is 32.2. The molecule has 29 heavy (non-hydrogen) atoms. The minimum Gasteiger partial charge on any atom is -0.354 e. The van der Waals surface area contributed by atoms with Crippen molar-refractivity contribution < 1.29 is 9.59 Å². The predicted octanol–water partition coefficient (Wildman–Crippen LogP) is 2.95. The maximum atomic E-state index is 12.8. The first-order chi connectivity index (χ1) is 14.2. The fourth-order valence-corrected chi connectivity index (χ4v) is 6.28. The van der Waals surface area contributed by atoms with E-state index in [9.17, 15) is 9.59 Å². The normalized spacial score (nSPS) is 24.6. The van der Waals surface area contributed by atoms with Crippen molar-refractivity contribution in [3.63, 3.8) is 0 Å². The van der Waals surface area contributed by atoms with E-state index in [2.05, 4.69) is 27.7 Å². The van der Waals surface area contributed by atoms with Gasteiger partial charge in [-0.15, -0.1) is 11.8 Å². The second kappa shape index (κ2) is 9.52. The van der Waals surface area contributed by atoms with Crippen LogP contribution in [-0.4, -0.2) is 53.0 Å². The van der Waals surface area contributed by atoms with E-state index < -0.39 is 0 Å². The number of rotatable bonds is 5. The molecule has 5 nitrogen and oxygen atoms in total. The van der Waals surface area contributed by atoms with Crippen molar-refractivity contribution in [3.8, 4) is 0 Å². The Balaban J connectivity index is 1.21. The van der Waals surface area contributed by atoms with Gasteiger partial charge in [0.05, 0.1) is 10.9 Å². The van der Waals surface area contributed by atoms with Gasteiger partial charge in [-0.2, -0.15) is 0 Å². The van der Waals surface area contributed by atoms with Gasteiger partial charge in [-0.05, 0) is 37.7 Å². The van der Waals surface area contributed by atoms with Crippen LogP contribution in [0.25, 0.3) is 0 Å². The van der Waals surface area contributed by atoms with Gasteiger partial charge in [0.15, 0.2) is 0 Å². The topological polar surface area (TPSA) is 61.4 Å². The van der Waals surface area contributed by atoms with E-state index in [1.807, 2.05) is 30.0 Å². The Bertz CT molecular complexity index is 697. The average molecular weight is 416 g/mol. The van der Waals surface area contributed by atoms with Crippen molar-refractivity contribution in [2.75, 3.05) is 25.4 Å². The number of hydrogen-bond donors (Lipinski definition) is 2. The zero-order valence-electron chi connectivity index (χ0n) is 17.2. The molecule has 0 radical (unpaired) electrons. The highest BCUT2D eigenvalue weighted by molar-refractivity contribution is 8.01. The summed E-state index contributed by atoms with van der Waals surface area (Å²) in [5, 5.41) is 6.69. The summed E-state index contributed by atoms with van der Waals surface area (Å²) in [6.07, 6.45) is 8.54. The summed E-state index contributed by atoms with van der Waals surface area (Å²) in [6.45, 7) is 2.30. The lowest BCUT2D eigenvalue weighted by Crippen LogP contribution is -2.55. The van der Waals surface area contributed by atoms with Gasteiger partial charge in [-0.3, -0.25) is 14.9 Å². The smallest absolute Gasteiger partial charge is 0.238 e. The number of carbonyl (C=O) groups excluding carboxylic acids is 2. The maximum Gasteiger partial charge on any atom is 0.238 e. The molecule has 1 aromatic carbocycles. The van der Waals surface area contributed by atoms with Crippen LogP contribution >= 0.6 is 11.8 Å². The first-order valence-electron chi connectivity index (χ1n) is 11.2. The number of nitrogens with one attached hydrogen (secondary N) is 2. The molecule has 0 aromatic heterocycles. The largest absolute Gasteiger partial charge is 0.354 e. The van der Waals surface area contributed by atoms with Crippen LogP contribution in [0, 0.1) is 5.92 Å². The Hall–Kier alpha value is -1.53. The highest BCUT2D eigenvalue weighted by Gasteiger charge is 2.44.